The van der Waals surface area contributed by atoms with E-state index in [0.29, 0.717) is 0 Å². The summed E-state index contributed by atoms with van der Waals surface area (Å²) in [5, 5.41) is 1.23. The van der Waals surface area contributed by atoms with Gasteiger partial charge in [-0.3, -0.25) is 0 Å². The minimum atomic E-state index is -0.324. The van der Waals surface area contributed by atoms with E-state index in [-0.39, 0.29) is 18.3 Å². The molecular weight excluding hydrogens is 389 g/mol. The predicted octanol–water partition coefficient (Wildman–Crippen LogP) is 4.75. The van der Waals surface area contributed by atoms with Gasteiger partial charge in [0.15, 0.2) is 0 Å². The van der Waals surface area contributed by atoms with Crippen LogP contribution in [0.3, 0.4) is 0 Å². The van der Waals surface area contributed by atoms with E-state index in [4.69, 9.17) is 9.31 Å². The molecular formula is C21H23BBrNO2. The Morgan fingerprint density at radius 3 is 2.38 bits per heavy atom. The van der Waals surface area contributed by atoms with Crippen molar-refractivity contribution in [2.24, 2.45) is 0 Å². The van der Waals surface area contributed by atoms with E-state index in [9.17, 15) is 0 Å². The molecule has 1 fully saturated rings. The number of benzene rings is 2. The minimum Gasteiger partial charge on any atom is -0.399 e. The Labute approximate surface area is 163 Å². The van der Waals surface area contributed by atoms with E-state index in [2.05, 4.69) is 103 Å². The molecule has 3 aromatic rings. The third-order valence-corrected chi connectivity index (χ3v) is 6.28. The fourth-order valence-corrected chi connectivity index (χ4v) is 3.83. The van der Waals surface area contributed by atoms with Crippen molar-refractivity contribution < 1.29 is 9.31 Å². The molecule has 0 atom stereocenters. The van der Waals surface area contributed by atoms with Crippen LogP contribution >= 0.6 is 15.9 Å². The highest BCUT2D eigenvalue weighted by molar-refractivity contribution is 9.10. The maximum atomic E-state index is 6.19. The highest BCUT2D eigenvalue weighted by atomic mass is 79.9. The smallest absolute Gasteiger partial charge is 0.399 e. The molecule has 134 valence electrons. The normalized spacial score (nSPS) is 18.6. The van der Waals surface area contributed by atoms with Gasteiger partial charge in [-0.2, -0.15) is 0 Å². The lowest BCUT2D eigenvalue weighted by Gasteiger charge is -2.32. The van der Waals surface area contributed by atoms with Gasteiger partial charge in [0.05, 0.1) is 11.2 Å². The lowest BCUT2D eigenvalue weighted by atomic mass is 9.78. The van der Waals surface area contributed by atoms with Crippen molar-refractivity contribution in [1.82, 2.24) is 4.57 Å². The summed E-state index contributed by atoms with van der Waals surface area (Å²) >= 11 is 3.63. The summed E-state index contributed by atoms with van der Waals surface area (Å²) in [5.41, 5.74) is 2.88. The molecule has 1 aliphatic rings. The van der Waals surface area contributed by atoms with Crippen LogP contribution in [0.15, 0.2) is 59.2 Å². The van der Waals surface area contributed by atoms with Gasteiger partial charge in [0, 0.05) is 28.1 Å². The maximum Gasteiger partial charge on any atom is 0.494 e. The zero-order chi connectivity index (χ0) is 18.5. The van der Waals surface area contributed by atoms with Gasteiger partial charge in [0.2, 0.25) is 0 Å². The molecule has 2 heterocycles. The van der Waals surface area contributed by atoms with Gasteiger partial charge in [-0.25, -0.2) is 0 Å². The summed E-state index contributed by atoms with van der Waals surface area (Å²) in [6.07, 6.45) is 2.14. The fourth-order valence-electron chi connectivity index (χ4n) is 3.34. The lowest BCUT2D eigenvalue weighted by molar-refractivity contribution is 0.00578. The summed E-state index contributed by atoms with van der Waals surface area (Å²) in [4.78, 5) is 0. The molecule has 1 aromatic heterocycles. The summed E-state index contributed by atoms with van der Waals surface area (Å²) in [7, 11) is -0.324. The molecule has 0 saturated carbocycles. The van der Waals surface area contributed by atoms with Crippen molar-refractivity contribution in [3.05, 3.63) is 64.8 Å². The number of hydrogen-bond donors (Lipinski definition) is 0. The van der Waals surface area contributed by atoms with Crippen molar-refractivity contribution >= 4 is 39.4 Å². The summed E-state index contributed by atoms with van der Waals surface area (Å²) in [6.45, 7) is 9.15. The Bertz CT molecular complexity index is 948. The third kappa shape index (κ3) is 3.02. The first-order chi connectivity index (χ1) is 12.3. The van der Waals surface area contributed by atoms with E-state index in [1.54, 1.807) is 0 Å². The predicted molar refractivity (Wildman–Crippen MR) is 111 cm³/mol. The molecule has 26 heavy (non-hydrogen) atoms. The van der Waals surface area contributed by atoms with Gasteiger partial charge in [-0.1, -0.05) is 46.3 Å². The molecule has 1 aliphatic heterocycles. The molecule has 0 aliphatic carbocycles. The van der Waals surface area contributed by atoms with E-state index >= 15 is 0 Å². The molecule has 1 saturated heterocycles. The van der Waals surface area contributed by atoms with Gasteiger partial charge in [0.1, 0.15) is 0 Å². The van der Waals surface area contributed by atoms with Crippen molar-refractivity contribution in [2.75, 3.05) is 0 Å². The molecule has 4 rings (SSSR count). The molecule has 0 spiro atoms. The van der Waals surface area contributed by atoms with Gasteiger partial charge in [-0.15, -0.1) is 0 Å². The van der Waals surface area contributed by atoms with Gasteiger partial charge < -0.3 is 13.9 Å². The topological polar surface area (TPSA) is 23.4 Å². The second kappa shape index (κ2) is 6.26. The van der Waals surface area contributed by atoms with E-state index in [1.165, 1.54) is 16.5 Å². The van der Waals surface area contributed by atoms with Crippen molar-refractivity contribution in [3.8, 4) is 0 Å². The van der Waals surface area contributed by atoms with E-state index in [1.807, 2.05) is 0 Å². The second-order valence-electron chi connectivity index (χ2n) is 7.95. The number of fused-ring (bicyclic) bond motifs is 1. The molecule has 2 aromatic carbocycles. The fraction of sp³-hybridized carbons (Fsp3) is 0.333. The SMILES string of the molecule is CC1(C)OB(c2cccc(Cn3ccc4c(Br)cccc43)c2)OC1(C)C. The van der Waals surface area contributed by atoms with Crippen LogP contribution in [0.2, 0.25) is 0 Å². The van der Waals surface area contributed by atoms with Crippen LogP contribution in [0.5, 0.6) is 0 Å². The molecule has 0 radical (unpaired) electrons. The van der Waals surface area contributed by atoms with Crippen LogP contribution < -0.4 is 5.46 Å². The molecule has 0 N–H and O–H groups in total. The zero-order valence-electron chi connectivity index (χ0n) is 15.6. The highest BCUT2D eigenvalue weighted by Gasteiger charge is 2.51. The van der Waals surface area contributed by atoms with Crippen LogP contribution in [0.1, 0.15) is 33.3 Å². The van der Waals surface area contributed by atoms with E-state index in [0.717, 1.165) is 16.5 Å². The first-order valence-electron chi connectivity index (χ1n) is 8.95. The average molecular weight is 412 g/mol. The molecule has 0 bridgehead atoms. The van der Waals surface area contributed by atoms with Crippen molar-refractivity contribution in [2.45, 2.75) is 45.4 Å². The molecule has 0 amide bonds. The monoisotopic (exact) mass is 411 g/mol. The van der Waals surface area contributed by atoms with E-state index < -0.39 is 0 Å². The number of nitrogens with zero attached hydrogens (tertiary/aromatic N) is 1. The number of hydrogen-bond acceptors (Lipinski definition) is 2. The zero-order valence-corrected chi connectivity index (χ0v) is 17.2. The summed E-state index contributed by atoms with van der Waals surface area (Å²) in [6, 6.07) is 16.9. The van der Waals surface area contributed by atoms with Crippen LogP contribution in [0.4, 0.5) is 0 Å². The van der Waals surface area contributed by atoms with Gasteiger partial charge >= 0.3 is 7.12 Å². The van der Waals surface area contributed by atoms with Crippen molar-refractivity contribution in [3.63, 3.8) is 0 Å². The van der Waals surface area contributed by atoms with Crippen LogP contribution in [-0.2, 0) is 15.9 Å². The third-order valence-electron chi connectivity index (χ3n) is 5.59. The van der Waals surface area contributed by atoms with Crippen LogP contribution in [0, 0.1) is 0 Å². The average Bonchev–Trinajstić information content (AvgIpc) is 3.07. The van der Waals surface area contributed by atoms with Gasteiger partial charge in [0.25, 0.3) is 0 Å². The summed E-state index contributed by atoms with van der Waals surface area (Å²) < 4.78 is 15.8. The Morgan fingerprint density at radius 2 is 1.65 bits per heavy atom. The second-order valence-corrected chi connectivity index (χ2v) is 8.80. The Kier molecular flexibility index (Phi) is 4.29. The number of rotatable bonds is 3. The minimum absolute atomic E-state index is 0.323. The highest BCUT2D eigenvalue weighted by Crippen LogP contribution is 2.36. The molecule has 0 unspecified atom stereocenters. The lowest BCUT2D eigenvalue weighted by Crippen LogP contribution is -2.41. The maximum absolute atomic E-state index is 6.19. The first kappa shape index (κ1) is 17.8. The Hall–Kier alpha value is -1.56. The number of aromatic nitrogens is 1. The van der Waals surface area contributed by atoms with Crippen LogP contribution in [-0.4, -0.2) is 22.9 Å². The molecule has 3 nitrogen and oxygen atoms in total. The summed E-state index contributed by atoms with van der Waals surface area (Å²) in [5.74, 6) is 0. The quantitative estimate of drug-likeness (QED) is 0.580. The standard InChI is InChI=1S/C21H23BBrNO2/c1-20(2)21(3,4)26-22(25-20)16-8-5-7-15(13-16)14-24-12-11-17-18(23)9-6-10-19(17)24/h5-13H,14H2,1-4H3. The van der Waals surface area contributed by atoms with Crippen LogP contribution in [0.25, 0.3) is 10.9 Å². The Balaban J connectivity index is 1.61. The first-order valence-corrected chi connectivity index (χ1v) is 9.74. The molecule has 5 heteroatoms. The van der Waals surface area contributed by atoms with Gasteiger partial charge in [-0.05, 0) is 56.9 Å². The Morgan fingerprint density at radius 1 is 0.962 bits per heavy atom. The largest absolute Gasteiger partial charge is 0.494 e. The number of halogens is 1. The van der Waals surface area contributed by atoms with Crippen molar-refractivity contribution in [1.29, 1.82) is 0 Å².